The van der Waals surface area contributed by atoms with Crippen LogP contribution in [0, 0.1) is 0 Å². The van der Waals surface area contributed by atoms with E-state index in [0.29, 0.717) is 13.2 Å². The lowest BCUT2D eigenvalue weighted by Gasteiger charge is -2.17. The van der Waals surface area contributed by atoms with Crippen LogP contribution in [0.25, 0.3) is 0 Å². The first kappa shape index (κ1) is 13.3. The summed E-state index contributed by atoms with van der Waals surface area (Å²) in [5.41, 5.74) is 6.64. The highest BCUT2D eigenvalue weighted by molar-refractivity contribution is 9.10. The van der Waals surface area contributed by atoms with E-state index in [0.717, 1.165) is 21.5 Å². The third kappa shape index (κ3) is 3.39. The van der Waals surface area contributed by atoms with Crippen molar-refractivity contribution in [3.63, 3.8) is 0 Å². The Morgan fingerprint density at radius 2 is 2.06 bits per heavy atom. The molecule has 2 N–H and O–H groups in total. The number of ether oxygens (including phenoxy) is 2. The average molecular weight is 288 g/mol. The SMILES string of the molecule is CCOc1cc(CN)cc(Br)c1OC(C)C. The highest BCUT2D eigenvalue weighted by Crippen LogP contribution is 2.37. The molecule has 1 aromatic carbocycles. The van der Waals surface area contributed by atoms with Gasteiger partial charge < -0.3 is 15.2 Å². The van der Waals surface area contributed by atoms with Crippen LogP contribution in [-0.2, 0) is 6.54 Å². The lowest BCUT2D eigenvalue weighted by molar-refractivity contribution is 0.222. The van der Waals surface area contributed by atoms with E-state index in [9.17, 15) is 0 Å². The number of nitrogens with two attached hydrogens (primary N) is 1. The van der Waals surface area contributed by atoms with E-state index in [-0.39, 0.29) is 6.10 Å². The molecule has 90 valence electrons. The predicted octanol–water partition coefficient (Wildman–Crippen LogP) is 3.09. The minimum absolute atomic E-state index is 0.110. The van der Waals surface area contributed by atoms with E-state index in [1.807, 2.05) is 32.9 Å². The summed E-state index contributed by atoms with van der Waals surface area (Å²) in [5, 5.41) is 0. The second-order valence-electron chi connectivity index (χ2n) is 3.71. The number of hydrogen-bond donors (Lipinski definition) is 1. The van der Waals surface area contributed by atoms with Gasteiger partial charge in [0.2, 0.25) is 0 Å². The fourth-order valence-corrected chi connectivity index (χ4v) is 1.94. The number of hydrogen-bond acceptors (Lipinski definition) is 3. The van der Waals surface area contributed by atoms with Crippen LogP contribution >= 0.6 is 15.9 Å². The maximum atomic E-state index is 5.72. The second-order valence-corrected chi connectivity index (χ2v) is 4.56. The van der Waals surface area contributed by atoms with Gasteiger partial charge in [-0.15, -0.1) is 0 Å². The van der Waals surface area contributed by atoms with Crippen LogP contribution in [-0.4, -0.2) is 12.7 Å². The van der Waals surface area contributed by atoms with Gasteiger partial charge in [0.05, 0.1) is 17.2 Å². The molecule has 0 aromatic heterocycles. The molecule has 0 heterocycles. The first-order chi connectivity index (χ1) is 7.58. The zero-order chi connectivity index (χ0) is 12.1. The molecular formula is C12H18BrNO2. The molecule has 0 saturated carbocycles. The van der Waals surface area contributed by atoms with Crippen molar-refractivity contribution < 1.29 is 9.47 Å². The molecule has 0 atom stereocenters. The molecule has 3 nitrogen and oxygen atoms in total. The Kier molecular flexibility index (Phi) is 5.09. The summed E-state index contributed by atoms with van der Waals surface area (Å²) < 4.78 is 12.1. The Bertz CT molecular complexity index is 353. The van der Waals surface area contributed by atoms with Crippen molar-refractivity contribution >= 4 is 15.9 Å². The minimum Gasteiger partial charge on any atom is -0.490 e. The molecule has 0 unspecified atom stereocenters. The van der Waals surface area contributed by atoms with Crippen LogP contribution < -0.4 is 15.2 Å². The Labute approximate surface area is 105 Å². The predicted molar refractivity (Wildman–Crippen MR) is 69.0 cm³/mol. The summed E-state index contributed by atoms with van der Waals surface area (Å²) in [6, 6.07) is 3.88. The van der Waals surface area contributed by atoms with E-state index in [1.165, 1.54) is 0 Å². The van der Waals surface area contributed by atoms with Crippen molar-refractivity contribution in [3.8, 4) is 11.5 Å². The summed E-state index contributed by atoms with van der Waals surface area (Å²) in [6.07, 6.45) is 0.110. The van der Waals surface area contributed by atoms with Gasteiger partial charge in [-0.1, -0.05) is 0 Å². The van der Waals surface area contributed by atoms with E-state index >= 15 is 0 Å². The highest BCUT2D eigenvalue weighted by atomic mass is 79.9. The zero-order valence-corrected chi connectivity index (χ0v) is 11.5. The van der Waals surface area contributed by atoms with Crippen LogP contribution in [0.1, 0.15) is 26.3 Å². The van der Waals surface area contributed by atoms with Crippen LogP contribution in [0.15, 0.2) is 16.6 Å². The van der Waals surface area contributed by atoms with Gasteiger partial charge in [-0.3, -0.25) is 0 Å². The summed E-state index contributed by atoms with van der Waals surface area (Å²) >= 11 is 3.48. The molecule has 0 aliphatic heterocycles. The summed E-state index contributed by atoms with van der Waals surface area (Å²) in [7, 11) is 0. The van der Waals surface area contributed by atoms with Gasteiger partial charge >= 0.3 is 0 Å². The number of halogens is 1. The molecule has 1 aromatic rings. The van der Waals surface area contributed by atoms with Crippen molar-refractivity contribution in [1.29, 1.82) is 0 Å². The molecule has 4 heteroatoms. The van der Waals surface area contributed by atoms with E-state index in [4.69, 9.17) is 15.2 Å². The molecule has 0 bridgehead atoms. The summed E-state index contributed by atoms with van der Waals surface area (Å²) in [5.74, 6) is 1.49. The largest absolute Gasteiger partial charge is 0.490 e. The molecular weight excluding hydrogens is 270 g/mol. The maximum absolute atomic E-state index is 5.72. The third-order valence-electron chi connectivity index (χ3n) is 1.96. The van der Waals surface area contributed by atoms with Crippen molar-refractivity contribution in [3.05, 3.63) is 22.2 Å². The quantitative estimate of drug-likeness (QED) is 0.905. The summed E-state index contributed by atoms with van der Waals surface area (Å²) in [4.78, 5) is 0. The van der Waals surface area contributed by atoms with Gasteiger partial charge in [-0.2, -0.15) is 0 Å². The average Bonchev–Trinajstić information content (AvgIpc) is 2.22. The van der Waals surface area contributed by atoms with Crippen LogP contribution in [0.4, 0.5) is 0 Å². The maximum Gasteiger partial charge on any atom is 0.175 e. The monoisotopic (exact) mass is 287 g/mol. The van der Waals surface area contributed by atoms with E-state index in [2.05, 4.69) is 15.9 Å². The lowest BCUT2D eigenvalue weighted by atomic mass is 10.2. The van der Waals surface area contributed by atoms with Crippen LogP contribution in [0.2, 0.25) is 0 Å². The van der Waals surface area contributed by atoms with Gasteiger partial charge in [-0.25, -0.2) is 0 Å². The molecule has 16 heavy (non-hydrogen) atoms. The van der Waals surface area contributed by atoms with Crippen molar-refractivity contribution in [2.45, 2.75) is 33.4 Å². The second kappa shape index (κ2) is 6.11. The molecule has 0 aliphatic carbocycles. The molecule has 0 saturated heterocycles. The minimum atomic E-state index is 0.110. The zero-order valence-electron chi connectivity index (χ0n) is 9.92. The Morgan fingerprint density at radius 3 is 2.56 bits per heavy atom. The van der Waals surface area contributed by atoms with Crippen LogP contribution in [0.5, 0.6) is 11.5 Å². The Morgan fingerprint density at radius 1 is 1.38 bits per heavy atom. The number of rotatable bonds is 5. The van der Waals surface area contributed by atoms with Gasteiger partial charge in [-0.05, 0) is 54.4 Å². The van der Waals surface area contributed by atoms with Crippen molar-refractivity contribution in [1.82, 2.24) is 0 Å². The van der Waals surface area contributed by atoms with Gasteiger partial charge in [0.1, 0.15) is 0 Å². The van der Waals surface area contributed by atoms with Gasteiger partial charge in [0.15, 0.2) is 11.5 Å². The Balaban J connectivity index is 3.11. The molecule has 0 spiro atoms. The fraction of sp³-hybridized carbons (Fsp3) is 0.500. The molecule has 1 rings (SSSR count). The number of benzene rings is 1. The van der Waals surface area contributed by atoms with E-state index in [1.54, 1.807) is 0 Å². The normalized spacial score (nSPS) is 10.6. The Hall–Kier alpha value is -0.740. The van der Waals surface area contributed by atoms with Crippen LogP contribution in [0.3, 0.4) is 0 Å². The standard InChI is InChI=1S/C12H18BrNO2/c1-4-15-11-6-9(7-14)5-10(13)12(11)16-8(2)3/h5-6,8H,4,7,14H2,1-3H3. The molecule has 0 fully saturated rings. The molecule has 0 amide bonds. The van der Waals surface area contributed by atoms with Crippen molar-refractivity contribution in [2.75, 3.05) is 6.61 Å². The summed E-state index contributed by atoms with van der Waals surface area (Å²) in [6.45, 7) is 7.01. The molecule has 0 radical (unpaired) electrons. The highest BCUT2D eigenvalue weighted by Gasteiger charge is 2.12. The smallest absolute Gasteiger partial charge is 0.175 e. The van der Waals surface area contributed by atoms with E-state index < -0.39 is 0 Å². The van der Waals surface area contributed by atoms with Gasteiger partial charge in [0, 0.05) is 6.54 Å². The first-order valence-corrected chi connectivity index (χ1v) is 6.19. The fourth-order valence-electron chi connectivity index (χ4n) is 1.35. The molecule has 0 aliphatic rings. The van der Waals surface area contributed by atoms with Crippen molar-refractivity contribution in [2.24, 2.45) is 5.73 Å². The topological polar surface area (TPSA) is 44.5 Å². The third-order valence-corrected chi connectivity index (χ3v) is 2.55. The first-order valence-electron chi connectivity index (χ1n) is 5.40. The van der Waals surface area contributed by atoms with Gasteiger partial charge in [0.25, 0.3) is 0 Å². The lowest BCUT2D eigenvalue weighted by Crippen LogP contribution is -2.09.